The van der Waals surface area contributed by atoms with Crippen molar-refractivity contribution in [2.45, 2.75) is 32.5 Å². The van der Waals surface area contributed by atoms with E-state index in [1.807, 2.05) is 6.92 Å². The van der Waals surface area contributed by atoms with Crippen LogP contribution in [0.5, 0.6) is 5.75 Å². The molecule has 0 spiro atoms. The first-order valence-electron chi connectivity index (χ1n) is 8.02. The second-order valence-corrected chi connectivity index (χ2v) is 5.84. The number of hydrogen-bond acceptors (Lipinski definition) is 3. The van der Waals surface area contributed by atoms with Crippen LogP contribution in [0.2, 0.25) is 0 Å². The van der Waals surface area contributed by atoms with Crippen LogP contribution >= 0.6 is 0 Å². The van der Waals surface area contributed by atoms with Gasteiger partial charge in [0.15, 0.2) is 0 Å². The Morgan fingerprint density at radius 2 is 1.72 bits per heavy atom. The minimum absolute atomic E-state index is 0.202. The molecule has 2 atom stereocenters. The van der Waals surface area contributed by atoms with Crippen LogP contribution < -0.4 is 15.4 Å². The summed E-state index contributed by atoms with van der Waals surface area (Å²) in [5, 5.41) is 5.91. The van der Waals surface area contributed by atoms with Gasteiger partial charge in [0.2, 0.25) is 5.91 Å². The highest BCUT2D eigenvalue weighted by molar-refractivity contribution is 5.81. The van der Waals surface area contributed by atoms with Crippen LogP contribution in [0.25, 0.3) is 0 Å². The topological polar surface area (TPSA) is 50.4 Å². The number of carbonyl (C=O) groups excluding carboxylic acids is 1. The monoisotopic (exact) mass is 348 g/mol. The maximum Gasteiger partial charge on any atom is 0.237 e. The molecule has 4 nitrogen and oxygen atoms in total. The molecule has 6 heteroatoms. The molecule has 0 aromatic heterocycles. The van der Waals surface area contributed by atoms with Crippen LogP contribution in [0.15, 0.2) is 42.5 Å². The second kappa shape index (κ2) is 8.58. The fourth-order valence-electron chi connectivity index (χ4n) is 2.53. The number of ether oxygens (including phenoxy) is 1. The highest BCUT2D eigenvalue weighted by Crippen LogP contribution is 2.26. The van der Waals surface area contributed by atoms with Crippen molar-refractivity contribution in [3.05, 3.63) is 65.2 Å². The molecule has 0 saturated heterocycles. The molecule has 134 valence electrons. The van der Waals surface area contributed by atoms with Gasteiger partial charge in [0.05, 0.1) is 13.2 Å². The number of nitrogens with one attached hydrogen (secondary N) is 2. The molecule has 0 heterocycles. The number of amides is 1. The number of halogens is 2. The van der Waals surface area contributed by atoms with E-state index >= 15 is 0 Å². The Bertz CT molecular complexity index is 720. The highest BCUT2D eigenvalue weighted by Gasteiger charge is 2.19. The maximum absolute atomic E-state index is 13.5. The van der Waals surface area contributed by atoms with Crippen LogP contribution in [-0.4, -0.2) is 19.1 Å². The van der Waals surface area contributed by atoms with Crippen molar-refractivity contribution >= 4 is 5.91 Å². The van der Waals surface area contributed by atoms with E-state index < -0.39 is 6.04 Å². The van der Waals surface area contributed by atoms with Crippen molar-refractivity contribution in [3.63, 3.8) is 0 Å². The fraction of sp³-hybridized carbons (Fsp3) is 0.316. The fourth-order valence-corrected chi connectivity index (χ4v) is 2.53. The Hall–Kier alpha value is -2.47. The first-order chi connectivity index (χ1) is 11.9. The lowest BCUT2D eigenvalue weighted by Gasteiger charge is -2.21. The van der Waals surface area contributed by atoms with Crippen LogP contribution in [-0.2, 0) is 11.3 Å². The molecule has 0 aliphatic heterocycles. The summed E-state index contributed by atoms with van der Waals surface area (Å²) < 4.78 is 31.6. The van der Waals surface area contributed by atoms with Crippen molar-refractivity contribution in [3.8, 4) is 5.75 Å². The van der Waals surface area contributed by atoms with E-state index in [4.69, 9.17) is 4.74 Å². The van der Waals surface area contributed by atoms with Crippen molar-refractivity contribution in [1.82, 2.24) is 10.6 Å². The van der Waals surface area contributed by atoms with Crippen molar-refractivity contribution in [2.24, 2.45) is 0 Å². The minimum atomic E-state index is -0.497. The standard InChI is InChI=1S/C19H22F2N2O2/c1-12(17-10-16(21)8-9-18(17)25-3)23-13(2)19(24)22-11-14-4-6-15(20)7-5-14/h4-10,12-13,23H,11H2,1-3H3,(H,22,24)/t12-,13+/m0/s1. The van der Waals surface area contributed by atoms with E-state index in [9.17, 15) is 13.6 Å². The van der Waals surface area contributed by atoms with Gasteiger partial charge in [-0.05, 0) is 49.7 Å². The number of benzene rings is 2. The van der Waals surface area contributed by atoms with E-state index in [0.717, 1.165) is 5.56 Å². The normalized spacial score (nSPS) is 13.2. The lowest BCUT2D eigenvalue weighted by Crippen LogP contribution is -2.42. The third-order valence-electron chi connectivity index (χ3n) is 3.93. The molecule has 0 bridgehead atoms. The summed E-state index contributed by atoms with van der Waals surface area (Å²) in [6, 6.07) is 9.43. The van der Waals surface area contributed by atoms with Gasteiger partial charge in [-0.3, -0.25) is 10.1 Å². The predicted molar refractivity (Wildman–Crippen MR) is 92.2 cm³/mol. The van der Waals surface area contributed by atoms with E-state index in [2.05, 4.69) is 10.6 Å². The third-order valence-corrected chi connectivity index (χ3v) is 3.93. The zero-order valence-corrected chi connectivity index (χ0v) is 14.5. The molecule has 2 N–H and O–H groups in total. The van der Waals surface area contributed by atoms with Gasteiger partial charge in [-0.2, -0.15) is 0 Å². The van der Waals surface area contributed by atoms with Crippen LogP contribution in [0, 0.1) is 11.6 Å². The average molecular weight is 348 g/mol. The third kappa shape index (κ3) is 5.26. The molecular weight excluding hydrogens is 326 g/mol. The lowest BCUT2D eigenvalue weighted by molar-refractivity contribution is -0.123. The Balaban J connectivity index is 1.94. The average Bonchev–Trinajstić information content (AvgIpc) is 2.60. The number of rotatable bonds is 7. The molecule has 25 heavy (non-hydrogen) atoms. The molecular formula is C19H22F2N2O2. The Morgan fingerprint density at radius 3 is 2.36 bits per heavy atom. The smallest absolute Gasteiger partial charge is 0.237 e. The van der Waals surface area contributed by atoms with Crippen molar-refractivity contribution in [1.29, 1.82) is 0 Å². The molecule has 2 rings (SSSR count). The molecule has 1 amide bonds. The van der Waals surface area contributed by atoms with E-state index in [0.29, 0.717) is 17.9 Å². The zero-order chi connectivity index (χ0) is 18.4. The molecule has 2 aromatic carbocycles. The predicted octanol–water partition coefficient (Wildman–Crippen LogP) is 3.33. The minimum Gasteiger partial charge on any atom is -0.496 e. The van der Waals surface area contributed by atoms with E-state index in [1.165, 1.54) is 31.4 Å². The summed E-state index contributed by atoms with van der Waals surface area (Å²) in [7, 11) is 1.52. The van der Waals surface area contributed by atoms with E-state index in [1.54, 1.807) is 25.1 Å². The van der Waals surface area contributed by atoms with Gasteiger partial charge in [-0.1, -0.05) is 12.1 Å². The number of methoxy groups -OCH3 is 1. The quantitative estimate of drug-likeness (QED) is 0.807. The number of hydrogen-bond donors (Lipinski definition) is 2. The maximum atomic E-state index is 13.5. The molecule has 2 aromatic rings. The first-order valence-corrected chi connectivity index (χ1v) is 8.02. The van der Waals surface area contributed by atoms with Gasteiger partial charge in [-0.25, -0.2) is 8.78 Å². The SMILES string of the molecule is COc1ccc(F)cc1[C@H](C)N[C@H](C)C(=O)NCc1ccc(F)cc1. The van der Waals surface area contributed by atoms with E-state index in [-0.39, 0.29) is 23.6 Å². The zero-order valence-electron chi connectivity index (χ0n) is 14.5. The van der Waals surface area contributed by atoms with Gasteiger partial charge in [0, 0.05) is 18.2 Å². The first kappa shape index (κ1) is 18.9. The summed E-state index contributed by atoms with van der Waals surface area (Å²) in [6.45, 7) is 3.87. The lowest BCUT2D eigenvalue weighted by atomic mass is 10.1. The van der Waals surface area contributed by atoms with Gasteiger partial charge in [0.25, 0.3) is 0 Å². The second-order valence-electron chi connectivity index (χ2n) is 5.84. The van der Waals surface area contributed by atoms with Crippen molar-refractivity contribution in [2.75, 3.05) is 7.11 Å². The molecule has 0 fully saturated rings. The highest BCUT2D eigenvalue weighted by atomic mass is 19.1. The molecule has 0 unspecified atom stereocenters. The summed E-state index contributed by atoms with van der Waals surface area (Å²) in [5.41, 5.74) is 1.45. The Kier molecular flexibility index (Phi) is 6.47. The van der Waals surface area contributed by atoms with Gasteiger partial charge < -0.3 is 10.1 Å². The summed E-state index contributed by atoms with van der Waals surface area (Å²) in [6.07, 6.45) is 0. The van der Waals surface area contributed by atoms with Crippen molar-refractivity contribution < 1.29 is 18.3 Å². The van der Waals surface area contributed by atoms with Gasteiger partial charge >= 0.3 is 0 Å². The molecule has 0 aliphatic rings. The number of carbonyl (C=O) groups is 1. The van der Waals surface area contributed by atoms with Crippen LogP contribution in [0.3, 0.4) is 0 Å². The van der Waals surface area contributed by atoms with Gasteiger partial charge in [-0.15, -0.1) is 0 Å². The molecule has 0 radical (unpaired) electrons. The largest absolute Gasteiger partial charge is 0.496 e. The summed E-state index contributed by atoms with van der Waals surface area (Å²) in [5.74, 6) is -0.326. The summed E-state index contributed by atoms with van der Waals surface area (Å²) >= 11 is 0. The Labute approximate surface area is 146 Å². The van der Waals surface area contributed by atoms with Crippen LogP contribution in [0.1, 0.15) is 31.0 Å². The molecule has 0 aliphatic carbocycles. The summed E-state index contributed by atoms with van der Waals surface area (Å²) in [4.78, 5) is 12.2. The van der Waals surface area contributed by atoms with Gasteiger partial charge in [0.1, 0.15) is 17.4 Å². The molecule has 0 saturated carbocycles. The van der Waals surface area contributed by atoms with Crippen LogP contribution in [0.4, 0.5) is 8.78 Å². The Morgan fingerprint density at radius 1 is 1.08 bits per heavy atom.